The second kappa shape index (κ2) is 5.63. The summed E-state index contributed by atoms with van der Waals surface area (Å²) in [6.07, 6.45) is 10.3. The van der Waals surface area contributed by atoms with Crippen LogP contribution in [0.5, 0.6) is 0 Å². The first-order valence-corrected chi connectivity index (χ1v) is 8.06. The molecule has 0 radical (unpaired) electrons. The van der Waals surface area contributed by atoms with Gasteiger partial charge in [-0.15, -0.1) is 0 Å². The van der Waals surface area contributed by atoms with E-state index in [1.165, 1.54) is 25.0 Å². The van der Waals surface area contributed by atoms with E-state index in [9.17, 15) is 0 Å². The molecule has 1 aliphatic heterocycles. The first kappa shape index (κ1) is 12.5. The average molecular weight is 267 g/mol. The van der Waals surface area contributed by atoms with Crippen LogP contribution < -0.4 is 5.32 Å². The Morgan fingerprint density at radius 3 is 3.22 bits per heavy atom. The Hall–Kier alpha value is -0.520. The molecule has 1 aliphatic carbocycles. The van der Waals surface area contributed by atoms with Crippen molar-refractivity contribution in [3.63, 3.8) is 0 Å². The van der Waals surface area contributed by atoms with Crippen molar-refractivity contribution < 1.29 is 4.74 Å². The van der Waals surface area contributed by atoms with Gasteiger partial charge in [0.2, 0.25) is 0 Å². The third-order valence-corrected chi connectivity index (χ3v) is 5.19. The molecule has 3 rings (SSSR count). The predicted molar refractivity (Wildman–Crippen MR) is 74.0 cm³/mol. The number of imidazole rings is 1. The predicted octanol–water partition coefficient (Wildman–Crippen LogP) is 2.00. The fraction of sp³-hybridized carbons (Fsp3) is 0.769. The fourth-order valence-electron chi connectivity index (χ4n) is 3.10. The van der Waals surface area contributed by atoms with E-state index in [0.717, 1.165) is 24.9 Å². The van der Waals surface area contributed by atoms with Crippen LogP contribution in [0.4, 0.5) is 0 Å². The number of aromatic nitrogens is 2. The molecule has 1 saturated heterocycles. The van der Waals surface area contributed by atoms with Gasteiger partial charge in [-0.2, -0.15) is 11.8 Å². The Morgan fingerprint density at radius 1 is 1.50 bits per heavy atom. The minimum absolute atomic E-state index is 0.171. The number of nitrogens with one attached hydrogen (secondary N) is 1. The van der Waals surface area contributed by atoms with E-state index in [1.54, 1.807) is 0 Å². The second-order valence-corrected chi connectivity index (χ2v) is 6.14. The molecule has 1 aromatic rings. The van der Waals surface area contributed by atoms with Crippen molar-refractivity contribution in [2.24, 2.45) is 0 Å². The van der Waals surface area contributed by atoms with Gasteiger partial charge >= 0.3 is 0 Å². The molecule has 3 unspecified atom stereocenters. The van der Waals surface area contributed by atoms with Gasteiger partial charge in [-0.25, -0.2) is 4.98 Å². The smallest absolute Gasteiger partial charge is 0.111 e. The largest absolute Gasteiger partial charge is 0.369 e. The van der Waals surface area contributed by atoms with Gasteiger partial charge in [0.25, 0.3) is 0 Å². The fourth-order valence-corrected chi connectivity index (χ4v) is 4.08. The number of ether oxygens (including phenoxy) is 1. The highest BCUT2D eigenvalue weighted by Crippen LogP contribution is 2.39. The van der Waals surface area contributed by atoms with Crippen molar-refractivity contribution >= 4 is 11.8 Å². The van der Waals surface area contributed by atoms with Crippen LogP contribution in [-0.4, -0.2) is 40.8 Å². The van der Waals surface area contributed by atoms with Gasteiger partial charge in [-0.05, 0) is 19.1 Å². The SMILES string of the molecule is CSC1CCCC1n1cncc1C1CNCCO1. The Labute approximate surface area is 112 Å². The lowest BCUT2D eigenvalue weighted by atomic mass is 10.2. The Kier molecular flexibility index (Phi) is 3.91. The molecule has 1 saturated carbocycles. The summed E-state index contributed by atoms with van der Waals surface area (Å²) in [5.41, 5.74) is 1.24. The van der Waals surface area contributed by atoms with Gasteiger partial charge in [0.05, 0.1) is 24.8 Å². The van der Waals surface area contributed by atoms with E-state index in [-0.39, 0.29) is 6.10 Å². The van der Waals surface area contributed by atoms with Crippen LogP contribution >= 0.6 is 11.8 Å². The highest BCUT2D eigenvalue weighted by molar-refractivity contribution is 7.99. The summed E-state index contributed by atoms with van der Waals surface area (Å²) in [5.74, 6) is 0. The van der Waals surface area contributed by atoms with Crippen LogP contribution in [0.25, 0.3) is 0 Å². The first-order chi connectivity index (χ1) is 8.90. The monoisotopic (exact) mass is 267 g/mol. The number of nitrogens with zero attached hydrogens (tertiary/aromatic N) is 2. The van der Waals surface area contributed by atoms with Crippen molar-refractivity contribution in [3.8, 4) is 0 Å². The second-order valence-electron chi connectivity index (χ2n) is 5.06. The standard InChI is InChI=1S/C13H21N3OS/c1-18-13-4-2-3-10(13)16-9-15-7-11(16)12-8-14-5-6-17-12/h7,9-10,12-14H,2-6,8H2,1H3. The third-order valence-electron chi connectivity index (χ3n) is 4.03. The summed E-state index contributed by atoms with van der Waals surface area (Å²) in [4.78, 5) is 4.36. The number of thioether (sulfide) groups is 1. The lowest BCUT2D eigenvalue weighted by Gasteiger charge is -2.28. The first-order valence-electron chi connectivity index (χ1n) is 6.77. The Bertz CT molecular complexity index is 389. The van der Waals surface area contributed by atoms with Gasteiger partial charge in [-0.3, -0.25) is 0 Å². The molecular formula is C13H21N3OS. The van der Waals surface area contributed by atoms with Gasteiger partial charge in [-0.1, -0.05) is 6.42 Å². The van der Waals surface area contributed by atoms with Crippen molar-refractivity contribution in [3.05, 3.63) is 18.2 Å². The van der Waals surface area contributed by atoms with E-state index in [4.69, 9.17) is 4.74 Å². The van der Waals surface area contributed by atoms with Crippen molar-refractivity contribution in [1.82, 2.24) is 14.9 Å². The minimum Gasteiger partial charge on any atom is -0.369 e. The van der Waals surface area contributed by atoms with Gasteiger partial charge < -0.3 is 14.6 Å². The van der Waals surface area contributed by atoms with Crippen molar-refractivity contribution in [2.45, 2.75) is 36.7 Å². The Morgan fingerprint density at radius 2 is 2.44 bits per heavy atom. The zero-order valence-corrected chi connectivity index (χ0v) is 11.7. The van der Waals surface area contributed by atoms with E-state index >= 15 is 0 Å². The molecule has 18 heavy (non-hydrogen) atoms. The molecule has 3 atom stereocenters. The lowest BCUT2D eigenvalue weighted by Crippen LogP contribution is -2.35. The molecule has 100 valence electrons. The van der Waals surface area contributed by atoms with E-state index in [2.05, 4.69) is 21.1 Å². The maximum absolute atomic E-state index is 5.86. The topological polar surface area (TPSA) is 39.1 Å². The number of hydrogen-bond donors (Lipinski definition) is 1. The quantitative estimate of drug-likeness (QED) is 0.909. The molecule has 0 bridgehead atoms. The normalized spacial score (nSPS) is 32.8. The van der Waals surface area contributed by atoms with Crippen LogP contribution in [0.15, 0.2) is 12.5 Å². The third kappa shape index (κ3) is 2.31. The molecule has 0 aromatic carbocycles. The maximum Gasteiger partial charge on any atom is 0.111 e. The van der Waals surface area contributed by atoms with Gasteiger partial charge in [0.1, 0.15) is 6.10 Å². The lowest BCUT2D eigenvalue weighted by molar-refractivity contribution is 0.0220. The molecule has 5 heteroatoms. The number of rotatable bonds is 3. The van der Waals surface area contributed by atoms with E-state index < -0.39 is 0 Å². The van der Waals surface area contributed by atoms with Crippen LogP contribution in [0.1, 0.15) is 37.1 Å². The molecule has 2 aliphatic rings. The van der Waals surface area contributed by atoms with E-state index in [0.29, 0.717) is 6.04 Å². The summed E-state index contributed by atoms with van der Waals surface area (Å²) in [6.45, 7) is 2.66. The molecule has 1 aromatic heterocycles. The maximum atomic E-state index is 5.86. The Balaban J connectivity index is 1.81. The molecule has 2 fully saturated rings. The van der Waals surface area contributed by atoms with Crippen LogP contribution in [0.3, 0.4) is 0 Å². The highest BCUT2D eigenvalue weighted by atomic mass is 32.2. The van der Waals surface area contributed by atoms with Crippen LogP contribution in [0, 0.1) is 0 Å². The molecule has 2 heterocycles. The van der Waals surface area contributed by atoms with Crippen LogP contribution in [0.2, 0.25) is 0 Å². The number of hydrogen-bond acceptors (Lipinski definition) is 4. The van der Waals surface area contributed by atoms with Crippen LogP contribution in [-0.2, 0) is 4.74 Å². The average Bonchev–Trinajstić information content (AvgIpc) is 3.07. The van der Waals surface area contributed by atoms with Gasteiger partial charge in [0, 0.05) is 24.4 Å². The summed E-state index contributed by atoms with van der Waals surface area (Å²) in [6, 6.07) is 0.600. The highest BCUT2D eigenvalue weighted by Gasteiger charge is 2.31. The van der Waals surface area contributed by atoms with Gasteiger partial charge in [0.15, 0.2) is 0 Å². The zero-order chi connectivity index (χ0) is 12.4. The zero-order valence-electron chi connectivity index (χ0n) is 10.8. The molecule has 1 N–H and O–H groups in total. The van der Waals surface area contributed by atoms with E-state index in [1.807, 2.05) is 24.3 Å². The summed E-state index contributed by atoms with van der Waals surface area (Å²) >= 11 is 1.99. The molecule has 0 amide bonds. The summed E-state index contributed by atoms with van der Waals surface area (Å²) in [7, 11) is 0. The van der Waals surface area contributed by atoms with Crippen molar-refractivity contribution in [2.75, 3.05) is 26.0 Å². The number of morpholine rings is 1. The minimum atomic E-state index is 0.171. The molecule has 0 spiro atoms. The summed E-state index contributed by atoms with van der Waals surface area (Å²) in [5, 5.41) is 4.13. The molecule has 4 nitrogen and oxygen atoms in total. The molecular weight excluding hydrogens is 246 g/mol. The van der Waals surface area contributed by atoms with Crippen molar-refractivity contribution in [1.29, 1.82) is 0 Å². The summed E-state index contributed by atoms with van der Waals surface area (Å²) < 4.78 is 8.23.